The molecule has 0 saturated carbocycles. The molecule has 2 aromatic carbocycles. The molecule has 4 rings (SSSR count). The Morgan fingerprint density at radius 2 is 1.96 bits per heavy atom. The third-order valence-corrected chi connectivity index (χ3v) is 4.62. The van der Waals surface area contributed by atoms with Gasteiger partial charge in [0.25, 0.3) is 5.91 Å². The van der Waals surface area contributed by atoms with Gasteiger partial charge < -0.3 is 14.2 Å². The van der Waals surface area contributed by atoms with E-state index in [4.69, 9.17) is 20.4 Å². The number of anilines is 1. The first-order valence-corrected chi connectivity index (χ1v) is 8.99. The number of furan rings is 1. The summed E-state index contributed by atoms with van der Waals surface area (Å²) in [6, 6.07) is 12.6. The molecule has 4 aromatic rings. The van der Waals surface area contributed by atoms with E-state index in [0.717, 1.165) is 10.5 Å². The number of nitrogens with zero attached hydrogens (tertiary/aromatic N) is 2. The van der Waals surface area contributed by atoms with Gasteiger partial charge in [0, 0.05) is 10.2 Å². The minimum absolute atomic E-state index is 0.173. The van der Waals surface area contributed by atoms with Gasteiger partial charge in [0.2, 0.25) is 5.89 Å². The Morgan fingerprint density at radius 1 is 1.14 bits per heavy atom. The highest BCUT2D eigenvalue weighted by molar-refractivity contribution is 9.10. The van der Waals surface area contributed by atoms with Crippen molar-refractivity contribution in [2.24, 2.45) is 0 Å². The summed E-state index contributed by atoms with van der Waals surface area (Å²) in [5.41, 5.74) is 2.07. The summed E-state index contributed by atoms with van der Waals surface area (Å²) in [6.45, 7) is 0. The van der Waals surface area contributed by atoms with Crippen LogP contribution in [0.4, 0.5) is 11.6 Å². The van der Waals surface area contributed by atoms with Gasteiger partial charge in [-0.25, -0.2) is 4.98 Å². The number of nitro groups is 1. The molecule has 0 aliphatic rings. The van der Waals surface area contributed by atoms with E-state index in [1.807, 2.05) is 0 Å². The number of amides is 1. The van der Waals surface area contributed by atoms with Crippen molar-refractivity contribution in [3.8, 4) is 11.5 Å². The van der Waals surface area contributed by atoms with Crippen molar-refractivity contribution in [2.45, 2.75) is 0 Å². The van der Waals surface area contributed by atoms with Gasteiger partial charge in [-0.15, -0.1) is 0 Å². The molecule has 0 aliphatic carbocycles. The van der Waals surface area contributed by atoms with Crippen LogP contribution in [-0.4, -0.2) is 15.8 Å². The maximum absolute atomic E-state index is 12.2. The smallest absolute Gasteiger partial charge is 0.433 e. The summed E-state index contributed by atoms with van der Waals surface area (Å²) in [7, 11) is 0. The third-order valence-electron chi connectivity index (χ3n) is 3.80. The van der Waals surface area contributed by atoms with Crippen LogP contribution in [0.5, 0.6) is 0 Å². The second-order valence-corrected chi connectivity index (χ2v) is 7.00. The number of hydrogen-bond acceptors (Lipinski definition) is 6. The highest BCUT2D eigenvalue weighted by atomic mass is 79.9. The Kier molecular flexibility index (Phi) is 4.62. The van der Waals surface area contributed by atoms with Crippen molar-refractivity contribution in [2.75, 3.05) is 5.32 Å². The zero-order chi connectivity index (χ0) is 19.8. The van der Waals surface area contributed by atoms with E-state index in [9.17, 15) is 14.9 Å². The zero-order valence-electron chi connectivity index (χ0n) is 13.8. The van der Waals surface area contributed by atoms with Crippen molar-refractivity contribution in [1.82, 2.24) is 4.98 Å². The normalized spacial score (nSPS) is 10.9. The van der Waals surface area contributed by atoms with Crippen molar-refractivity contribution < 1.29 is 18.6 Å². The fourth-order valence-corrected chi connectivity index (χ4v) is 3.08. The molecule has 0 aliphatic heterocycles. The van der Waals surface area contributed by atoms with Crippen LogP contribution in [-0.2, 0) is 0 Å². The fraction of sp³-hybridized carbons (Fsp3) is 0. The third kappa shape index (κ3) is 3.49. The minimum atomic E-state index is -0.715. The molecule has 0 fully saturated rings. The van der Waals surface area contributed by atoms with Crippen LogP contribution >= 0.6 is 27.5 Å². The number of hydrogen-bond donors (Lipinski definition) is 1. The lowest BCUT2D eigenvalue weighted by atomic mass is 10.2. The average molecular weight is 463 g/mol. The summed E-state index contributed by atoms with van der Waals surface area (Å²) >= 11 is 9.60. The van der Waals surface area contributed by atoms with Gasteiger partial charge in [-0.3, -0.25) is 14.9 Å². The maximum atomic E-state index is 12.2. The molecule has 28 heavy (non-hydrogen) atoms. The summed E-state index contributed by atoms with van der Waals surface area (Å²) in [5, 5.41) is 13.7. The summed E-state index contributed by atoms with van der Waals surface area (Å²) < 4.78 is 11.5. The number of rotatable bonds is 4. The Labute approximate surface area is 170 Å². The number of halogens is 2. The monoisotopic (exact) mass is 461 g/mol. The van der Waals surface area contributed by atoms with E-state index in [0.29, 0.717) is 33.3 Å². The standard InChI is InChI=1S/C18H9BrClN3O5/c19-9-1-3-12(20)11(7-9)18-22-13-8-10(2-4-14(13)28-18)21-17(24)15-5-6-16(27-15)23(25)26/h1-8H,(H,21,24). The lowest BCUT2D eigenvalue weighted by Crippen LogP contribution is -2.10. The summed E-state index contributed by atoms with van der Waals surface area (Å²) in [5.74, 6) is -0.959. The van der Waals surface area contributed by atoms with Crippen molar-refractivity contribution in [1.29, 1.82) is 0 Å². The van der Waals surface area contributed by atoms with Gasteiger partial charge in [-0.2, -0.15) is 0 Å². The second kappa shape index (κ2) is 7.10. The molecule has 0 bridgehead atoms. The first-order valence-electron chi connectivity index (χ1n) is 7.82. The van der Waals surface area contributed by atoms with E-state index >= 15 is 0 Å². The highest BCUT2D eigenvalue weighted by Crippen LogP contribution is 2.33. The van der Waals surface area contributed by atoms with Gasteiger partial charge in [-0.05, 0) is 42.5 Å². The molecule has 10 heteroatoms. The quantitative estimate of drug-likeness (QED) is 0.309. The first-order chi connectivity index (χ1) is 13.4. The molecule has 0 radical (unpaired) electrons. The molecule has 0 spiro atoms. The number of benzene rings is 2. The van der Waals surface area contributed by atoms with Crippen LogP contribution < -0.4 is 5.32 Å². The molecule has 1 N–H and O–H groups in total. The van der Waals surface area contributed by atoms with E-state index in [1.54, 1.807) is 36.4 Å². The molecular weight excluding hydrogens is 454 g/mol. The number of nitrogens with one attached hydrogen (secondary N) is 1. The lowest BCUT2D eigenvalue weighted by Gasteiger charge is -2.01. The SMILES string of the molecule is O=C(Nc1ccc2oc(-c3cc(Br)ccc3Cl)nc2c1)c1ccc([N+](=O)[O-])o1. The molecular formula is C18H9BrClN3O5. The van der Waals surface area contributed by atoms with Gasteiger partial charge in [-0.1, -0.05) is 27.5 Å². The average Bonchev–Trinajstić information content (AvgIpc) is 3.30. The van der Waals surface area contributed by atoms with Crippen molar-refractivity contribution >= 4 is 56.1 Å². The summed E-state index contributed by atoms with van der Waals surface area (Å²) in [4.78, 5) is 26.6. The number of aromatic nitrogens is 1. The summed E-state index contributed by atoms with van der Waals surface area (Å²) in [6.07, 6.45) is 0. The predicted molar refractivity (Wildman–Crippen MR) is 105 cm³/mol. The Bertz CT molecular complexity index is 1230. The minimum Gasteiger partial charge on any atom is -0.436 e. The number of carbonyl (C=O) groups is 1. The molecule has 2 aromatic heterocycles. The Morgan fingerprint density at radius 3 is 2.71 bits per heavy atom. The van der Waals surface area contributed by atoms with Crippen LogP contribution in [0.2, 0.25) is 5.02 Å². The van der Waals surface area contributed by atoms with Crippen molar-refractivity contribution in [3.05, 3.63) is 73.9 Å². The zero-order valence-corrected chi connectivity index (χ0v) is 16.2. The Hall–Kier alpha value is -3.17. The molecule has 0 atom stereocenters. The number of oxazole rings is 1. The first kappa shape index (κ1) is 18.2. The maximum Gasteiger partial charge on any atom is 0.433 e. The molecule has 140 valence electrons. The van der Waals surface area contributed by atoms with Gasteiger partial charge in [0.1, 0.15) is 10.4 Å². The molecule has 0 unspecified atom stereocenters. The van der Waals surface area contributed by atoms with Crippen LogP contribution in [0, 0.1) is 10.1 Å². The van der Waals surface area contributed by atoms with Gasteiger partial charge in [0.15, 0.2) is 11.3 Å². The molecule has 0 saturated heterocycles. The van der Waals surface area contributed by atoms with Crippen molar-refractivity contribution in [3.63, 3.8) is 0 Å². The predicted octanol–water partition coefficient (Wildman–Crippen LogP) is 5.66. The molecule has 2 heterocycles. The Balaban J connectivity index is 1.62. The van der Waals surface area contributed by atoms with Crippen LogP contribution in [0.25, 0.3) is 22.6 Å². The van der Waals surface area contributed by atoms with E-state index in [1.165, 1.54) is 6.07 Å². The topological polar surface area (TPSA) is 111 Å². The fourth-order valence-electron chi connectivity index (χ4n) is 2.52. The largest absolute Gasteiger partial charge is 0.436 e. The molecule has 8 nitrogen and oxygen atoms in total. The van der Waals surface area contributed by atoms with E-state index < -0.39 is 16.7 Å². The second-order valence-electron chi connectivity index (χ2n) is 5.67. The van der Waals surface area contributed by atoms with Crippen LogP contribution in [0.3, 0.4) is 0 Å². The van der Waals surface area contributed by atoms with E-state index in [-0.39, 0.29) is 5.76 Å². The van der Waals surface area contributed by atoms with Gasteiger partial charge >= 0.3 is 5.88 Å². The number of carbonyl (C=O) groups excluding carboxylic acids is 1. The highest BCUT2D eigenvalue weighted by Gasteiger charge is 2.18. The molecule has 1 amide bonds. The number of fused-ring (bicyclic) bond motifs is 1. The lowest BCUT2D eigenvalue weighted by molar-refractivity contribution is -0.402. The van der Waals surface area contributed by atoms with Gasteiger partial charge in [0.05, 0.1) is 16.7 Å². The van der Waals surface area contributed by atoms with Crippen LogP contribution in [0.1, 0.15) is 10.6 Å². The van der Waals surface area contributed by atoms with E-state index in [2.05, 4.69) is 26.2 Å². The van der Waals surface area contributed by atoms with Crippen LogP contribution in [0.15, 0.2) is 61.8 Å².